The summed E-state index contributed by atoms with van der Waals surface area (Å²) in [4.78, 5) is 13.0. The normalized spacial score (nSPS) is 17.8. The summed E-state index contributed by atoms with van der Waals surface area (Å²) in [5, 5.41) is 19.5. The molecule has 0 saturated heterocycles. The first-order chi connectivity index (χ1) is 14.8. The van der Waals surface area contributed by atoms with Crippen molar-refractivity contribution >= 4 is 17.2 Å². The van der Waals surface area contributed by atoms with E-state index in [1.165, 1.54) is 35.9 Å². The van der Waals surface area contributed by atoms with Crippen LogP contribution in [-0.4, -0.2) is 29.7 Å². The van der Waals surface area contributed by atoms with E-state index in [-0.39, 0.29) is 24.4 Å². The molecule has 1 heterocycles. The van der Waals surface area contributed by atoms with Crippen molar-refractivity contribution in [3.8, 4) is 0 Å². The van der Waals surface area contributed by atoms with Gasteiger partial charge in [-0.3, -0.25) is 4.79 Å². The number of hydrogen-bond donors (Lipinski definition) is 3. The summed E-state index contributed by atoms with van der Waals surface area (Å²) in [6, 6.07) is 4.89. The lowest BCUT2D eigenvalue weighted by Gasteiger charge is -2.39. The highest BCUT2D eigenvalue weighted by Crippen LogP contribution is 2.40. The van der Waals surface area contributed by atoms with Crippen LogP contribution in [0.5, 0.6) is 0 Å². The molecule has 2 aromatic rings. The molecule has 1 aromatic carbocycles. The summed E-state index contributed by atoms with van der Waals surface area (Å²) >= 11 is 1.76. The maximum atomic E-state index is 13.6. The fraction of sp³-hybridized carbons (Fsp3) is 0.542. The number of nitrogens with one attached hydrogen (secondary N) is 2. The third-order valence-electron chi connectivity index (χ3n) is 6.12. The van der Waals surface area contributed by atoms with E-state index in [9.17, 15) is 18.7 Å². The molecule has 170 valence electrons. The minimum atomic E-state index is -0.903. The van der Waals surface area contributed by atoms with Gasteiger partial charge < -0.3 is 15.7 Å². The standard InChI is InChI=1S/C24H32F2N2O2S/c1-3-17-12-23(31-15-17)24(7-5-4-6-8-24)27-14-22(30)21(28-16(2)29)11-18-9-19(25)13-20(26)10-18/h9-10,12-13,15,21-22,27,30H,3-8,11,14H2,1-2H3,(H,28,29). The van der Waals surface area contributed by atoms with Crippen molar-refractivity contribution in [1.82, 2.24) is 10.6 Å². The second kappa shape index (κ2) is 10.7. The van der Waals surface area contributed by atoms with Gasteiger partial charge in [-0.2, -0.15) is 0 Å². The van der Waals surface area contributed by atoms with Crippen LogP contribution < -0.4 is 10.6 Å². The van der Waals surface area contributed by atoms with E-state index in [1.54, 1.807) is 11.3 Å². The van der Waals surface area contributed by atoms with Crippen LogP contribution in [0.4, 0.5) is 8.78 Å². The van der Waals surface area contributed by atoms with Gasteiger partial charge in [0.05, 0.1) is 17.7 Å². The molecular formula is C24H32F2N2O2S. The summed E-state index contributed by atoms with van der Waals surface area (Å²) < 4.78 is 27.2. The molecule has 3 rings (SSSR count). The molecule has 0 spiro atoms. The summed E-state index contributed by atoms with van der Waals surface area (Å²) in [6.45, 7) is 3.80. The second-order valence-electron chi connectivity index (χ2n) is 8.55. The van der Waals surface area contributed by atoms with Crippen LogP contribution in [0.3, 0.4) is 0 Å². The number of benzene rings is 1. The van der Waals surface area contributed by atoms with E-state index in [0.717, 1.165) is 38.2 Å². The molecule has 2 atom stereocenters. The molecule has 3 N–H and O–H groups in total. The van der Waals surface area contributed by atoms with Crippen molar-refractivity contribution in [3.05, 3.63) is 57.3 Å². The molecule has 0 aliphatic heterocycles. The van der Waals surface area contributed by atoms with Crippen LogP contribution in [0.2, 0.25) is 0 Å². The highest BCUT2D eigenvalue weighted by molar-refractivity contribution is 7.10. The molecule has 1 aromatic heterocycles. The Balaban J connectivity index is 1.74. The number of aliphatic hydroxyl groups is 1. The van der Waals surface area contributed by atoms with Gasteiger partial charge in [-0.25, -0.2) is 8.78 Å². The average Bonchev–Trinajstić information content (AvgIpc) is 3.21. The van der Waals surface area contributed by atoms with Crippen LogP contribution in [0.25, 0.3) is 0 Å². The van der Waals surface area contributed by atoms with E-state index in [4.69, 9.17) is 0 Å². The number of hydrogen-bond acceptors (Lipinski definition) is 4. The van der Waals surface area contributed by atoms with Crippen molar-refractivity contribution in [1.29, 1.82) is 0 Å². The highest BCUT2D eigenvalue weighted by Gasteiger charge is 2.36. The molecule has 1 saturated carbocycles. The van der Waals surface area contributed by atoms with Gasteiger partial charge in [-0.05, 0) is 60.4 Å². The molecular weight excluding hydrogens is 418 g/mol. The number of amides is 1. The second-order valence-corrected chi connectivity index (χ2v) is 9.46. The zero-order valence-corrected chi connectivity index (χ0v) is 19.0. The van der Waals surface area contributed by atoms with E-state index >= 15 is 0 Å². The van der Waals surface area contributed by atoms with E-state index in [1.807, 2.05) is 0 Å². The van der Waals surface area contributed by atoms with E-state index in [2.05, 4.69) is 29.0 Å². The lowest BCUT2D eigenvalue weighted by Crippen LogP contribution is -2.52. The fourth-order valence-electron chi connectivity index (χ4n) is 4.45. The fourth-order valence-corrected chi connectivity index (χ4v) is 5.68. The number of carbonyl (C=O) groups is 1. The SMILES string of the molecule is CCc1csc(C2(NCC(O)C(Cc3cc(F)cc(F)c3)NC(C)=O)CCCCC2)c1. The molecule has 1 aliphatic rings. The van der Waals surface area contributed by atoms with Gasteiger partial charge in [0.15, 0.2) is 0 Å². The Morgan fingerprint density at radius 3 is 2.39 bits per heavy atom. The zero-order valence-electron chi connectivity index (χ0n) is 18.2. The lowest BCUT2D eigenvalue weighted by atomic mass is 9.80. The Bertz CT molecular complexity index is 860. The molecule has 2 unspecified atom stereocenters. The summed E-state index contributed by atoms with van der Waals surface area (Å²) in [5.74, 6) is -1.64. The van der Waals surface area contributed by atoms with E-state index in [0.29, 0.717) is 5.56 Å². The van der Waals surface area contributed by atoms with Crippen molar-refractivity contribution < 1.29 is 18.7 Å². The number of thiophene rings is 1. The van der Waals surface area contributed by atoms with Crippen LogP contribution >= 0.6 is 11.3 Å². The minimum absolute atomic E-state index is 0.142. The van der Waals surface area contributed by atoms with Crippen molar-refractivity contribution in [2.45, 2.75) is 76.5 Å². The highest BCUT2D eigenvalue weighted by atomic mass is 32.1. The van der Waals surface area contributed by atoms with Crippen LogP contribution in [-0.2, 0) is 23.2 Å². The Morgan fingerprint density at radius 2 is 1.81 bits per heavy atom. The van der Waals surface area contributed by atoms with Gasteiger partial charge in [0.2, 0.25) is 5.91 Å². The molecule has 0 radical (unpaired) electrons. The molecule has 1 amide bonds. The number of aliphatic hydroxyl groups excluding tert-OH is 1. The summed E-state index contributed by atoms with van der Waals surface area (Å²) in [7, 11) is 0. The third kappa shape index (κ3) is 6.34. The smallest absolute Gasteiger partial charge is 0.217 e. The van der Waals surface area contributed by atoms with Crippen molar-refractivity contribution in [2.24, 2.45) is 0 Å². The van der Waals surface area contributed by atoms with Gasteiger partial charge >= 0.3 is 0 Å². The first kappa shape index (κ1) is 23.8. The predicted octanol–water partition coefficient (Wildman–Crippen LogP) is 4.45. The van der Waals surface area contributed by atoms with Gasteiger partial charge in [0.25, 0.3) is 0 Å². The first-order valence-electron chi connectivity index (χ1n) is 11.0. The minimum Gasteiger partial charge on any atom is -0.390 e. The maximum absolute atomic E-state index is 13.6. The van der Waals surface area contributed by atoms with Gasteiger partial charge in [-0.15, -0.1) is 11.3 Å². The predicted molar refractivity (Wildman–Crippen MR) is 120 cm³/mol. The number of carbonyl (C=O) groups excluding carboxylic acids is 1. The Morgan fingerprint density at radius 1 is 1.13 bits per heavy atom. The molecule has 1 fully saturated rings. The van der Waals surface area contributed by atoms with Gasteiger partial charge in [0.1, 0.15) is 11.6 Å². The zero-order chi connectivity index (χ0) is 22.4. The maximum Gasteiger partial charge on any atom is 0.217 e. The topological polar surface area (TPSA) is 61.4 Å². The monoisotopic (exact) mass is 450 g/mol. The molecule has 4 nitrogen and oxygen atoms in total. The van der Waals surface area contributed by atoms with Crippen molar-refractivity contribution in [3.63, 3.8) is 0 Å². The summed E-state index contributed by atoms with van der Waals surface area (Å²) in [5.41, 5.74) is 1.54. The Labute approximate surface area is 187 Å². The molecule has 0 bridgehead atoms. The third-order valence-corrected chi connectivity index (χ3v) is 7.30. The van der Waals surface area contributed by atoms with E-state index < -0.39 is 23.8 Å². The molecule has 1 aliphatic carbocycles. The van der Waals surface area contributed by atoms with Crippen LogP contribution in [0.15, 0.2) is 29.6 Å². The summed E-state index contributed by atoms with van der Waals surface area (Å²) in [6.07, 6.45) is 5.69. The lowest BCUT2D eigenvalue weighted by molar-refractivity contribution is -0.120. The Hall–Kier alpha value is -1.83. The number of rotatable bonds is 9. The Kier molecular flexibility index (Phi) is 8.19. The van der Waals surface area contributed by atoms with Crippen LogP contribution in [0.1, 0.15) is 62.0 Å². The van der Waals surface area contributed by atoms with Crippen molar-refractivity contribution in [2.75, 3.05) is 6.54 Å². The average molecular weight is 451 g/mol. The quantitative estimate of drug-likeness (QED) is 0.529. The first-order valence-corrected chi connectivity index (χ1v) is 11.9. The molecule has 7 heteroatoms. The van der Waals surface area contributed by atoms with Crippen LogP contribution in [0, 0.1) is 11.6 Å². The van der Waals surface area contributed by atoms with Gasteiger partial charge in [0, 0.05) is 24.4 Å². The van der Waals surface area contributed by atoms with Gasteiger partial charge in [-0.1, -0.05) is 26.2 Å². The number of aryl methyl sites for hydroxylation is 1. The molecule has 31 heavy (non-hydrogen) atoms. The number of halogens is 2. The largest absolute Gasteiger partial charge is 0.390 e.